The number of urea groups is 1. The normalized spacial score (nSPS) is 17.0. The maximum atomic E-state index is 12.8. The number of nitrogens with zero attached hydrogens (tertiary/aromatic N) is 2. The summed E-state index contributed by atoms with van der Waals surface area (Å²) in [7, 11) is 1.30. The van der Waals surface area contributed by atoms with Crippen LogP contribution < -0.4 is 5.32 Å². The van der Waals surface area contributed by atoms with Crippen molar-refractivity contribution in [2.45, 2.75) is 32.2 Å². The molecule has 0 saturated carbocycles. The van der Waals surface area contributed by atoms with Crippen molar-refractivity contribution >= 4 is 29.3 Å². The molecule has 8 heteroatoms. The number of benzene rings is 1. The first-order valence-electron chi connectivity index (χ1n) is 8.38. The zero-order valence-corrected chi connectivity index (χ0v) is 15.4. The average Bonchev–Trinajstić information content (AvgIpc) is 3.09. The summed E-state index contributed by atoms with van der Waals surface area (Å²) in [6, 6.07) is 6.08. The second kappa shape index (κ2) is 7.78. The van der Waals surface area contributed by atoms with Crippen molar-refractivity contribution in [1.82, 2.24) is 10.1 Å². The molecule has 1 aliphatic rings. The molecular formula is C18H20ClN3O4. The van der Waals surface area contributed by atoms with E-state index in [2.05, 4.69) is 15.2 Å². The van der Waals surface area contributed by atoms with Gasteiger partial charge in [-0.2, -0.15) is 0 Å². The molecule has 0 aliphatic carbocycles. The number of piperidine rings is 1. The molecule has 1 atom stereocenters. The van der Waals surface area contributed by atoms with E-state index in [-0.39, 0.29) is 17.1 Å². The molecule has 1 aromatic heterocycles. The molecule has 1 fully saturated rings. The molecule has 1 saturated heterocycles. The fourth-order valence-corrected chi connectivity index (χ4v) is 3.30. The van der Waals surface area contributed by atoms with Crippen LogP contribution in [-0.2, 0) is 4.74 Å². The number of ether oxygens (including phenoxy) is 1. The van der Waals surface area contributed by atoms with Gasteiger partial charge in [0.2, 0.25) is 0 Å². The van der Waals surface area contributed by atoms with Crippen LogP contribution in [0.25, 0.3) is 0 Å². The summed E-state index contributed by atoms with van der Waals surface area (Å²) in [4.78, 5) is 26.1. The third-order valence-corrected chi connectivity index (χ3v) is 4.70. The van der Waals surface area contributed by atoms with E-state index in [1.54, 1.807) is 17.0 Å². The lowest BCUT2D eigenvalue weighted by Gasteiger charge is -2.34. The Bertz CT molecular complexity index is 821. The predicted molar refractivity (Wildman–Crippen MR) is 96.3 cm³/mol. The van der Waals surface area contributed by atoms with Crippen LogP contribution in [-0.4, -0.2) is 35.7 Å². The van der Waals surface area contributed by atoms with E-state index in [9.17, 15) is 9.59 Å². The van der Waals surface area contributed by atoms with Crippen molar-refractivity contribution in [3.8, 4) is 0 Å². The number of carbonyl (C=O) groups excluding carboxylic acids is 2. The Balaban J connectivity index is 1.76. The fraction of sp³-hybridized carbons (Fsp3) is 0.389. The van der Waals surface area contributed by atoms with E-state index in [1.807, 2.05) is 13.0 Å². The van der Waals surface area contributed by atoms with Crippen molar-refractivity contribution in [3.63, 3.8) is 0 Å². The van der Waals surface area contributed by atoms with Crippen LogP contribution in [0.4, 0.5) is 10.5 Å². The van der Waals surface area contributed by atoms with Crippen LogP contribution in [0, 0.1) is 6.92 Å². The summed E-state index contributed by atoms with van der Waals surface area (Å²) < 4.78 is 9.82. The SMILES string of the molecule is COC(=O)c1ccc(NC(=O)N2CCCC[C@H]2c2cc(C)on2)c(Cl)c1. The molecule has 0 spiro atoms. The summed E-state index contributed by atoms with van der Waals surface area (Å²) in [6.45, 7) is 2.45. The molecule has 0 unspecified atom stereocenters. The minimum Gasteiger partial charge on any atom is -0.465 e. The predicted octanol–water partition coefficient (Wildman–Crippen LogP) is 4.18. The van der Waals surface area contributed by atoms with Crippen molar-refractivity contribution in [2.75, 3.05) is 19.0 Å². The van der Waals surface area contributed by atoms with Gasteiger partial charge in [-0.15, -0.1) is 0 Å². The van der Waals surface area contributed by atoms with Crippen LogP contribution in [0.2, 0.25) is 5.02 Å². The summed E-state index contributed by atoms with van der Waals surface area (Å²) >= 11 is 6.20. The number of hydrogen-bond donors (Lipinski definition) is 1. The number of likely N-dealkylation sites (tertiary alicyclic amines) is 1. The van der Waals surface area contributed by atoms with Crippen LogP contribution >= 0.6 is 11.6 Å². The standard InChI is InChI=1S/C18H20ClN3O4/c1-11-9-15(21-26-11)16-5-3-4-8-22(16)18(24)20-14-7-6-12(10-13(14)19)17(23)25-2/h6-7,9-10,16H,3-5,8H2,1-2H3,(H,20,24)/t16-/m0/s1. The maximum Gasteiger partial charge on any atom is 0.337 e. The zero-order chi connectivity index (χ0) is 18.7. The van der Waals surface area contributed by atoms with Crippen molar-refractivity contribution < 1.29 is 18.8 Å². The lowest BCUT2D eigenvalue weighted by Crippen LogP contribution is -2.41. The molecule has 2 amide bonds. The van der Waals surface area contributed by atoms with Crippen LogP contribution in [0.15, 0.2) is 28.8 Å². The Morgan fingerprint density at radius 1 is 1.35 bits per heavy atom. The number of halogens is 1. The summed E-state index contributed by atoms with van der Waals surface area (Å²) in [6.07, 6.45) is 2.78. The van der Waals surface area contributed by atoms with E-state index < -0.39 is 5.97 Å². The van der Waals surface area contributed by atoms with Crippen LogP contribution in [0.3, 0.4) is 0 Å². The molecule has 138 valence electrons. The number of amides is 2. The van der Waals surface area contributed by atoms with Crippen molar-refractivity contribution in [2.24, 2.45) is 0 Å². The number of aromatic nitrogens is 1. The molecule has 7 nitrogen and oxygen atoms in total. The minimum absolute atomic E-state index is 0.130. The molecular weight excluding hydrogens is 358 g/mol. The Kier molecular flexibility index (Phi) is 5.46. The Morgan fingerprint density at radius 3 is 2.81 bits per heavy atom. The van der Waals surface area contributed by atoms with E-state index in [0.29, 0.717) is 23.6 Å². The summed E-state index contributed by atoms with van der Waals surface area (Å²) in [5, 5.41) is 7.15. The second-order valence-corrected chi connectivity index (χ2v) is 6.59. The number of methoxy groups -OCH3 is 1. The molecule has 1 N–H and O–H groups in total. The monoisotopic (exact) mass is 377 g/mol. The highest BCUT2D eigenvalue weighted by Gasteiger charge is 2.30. The van der Waals surface area contributed by atoms with Gasteiger partial charge in [0, 0.05) is 12.6 Å². The van der Waals surface area contributed by atoms with Gasteiger partial charge < -0.3 is 19.5 Å². The molecule has 1 aromatic carbocycles. The number of nitrogens with one attached hydrogen (secondary N) is 1. The number of aryl methyl sites for hydroxylation is 1. The smallest absolute Gasteiger partial charge is 0.337 e. The lowest BCUT2D eigenvalue weighted by atomic mass is 9.99. The van der Waals surface area contributed by atoms with Gasteiger partial charge in [0.25, 0.3) is 0 Å². The van der Waals surface area contributed by atoms with E-state index in [0.717, 1.165) is 25.0 Å². The third-order valence-electron chi connectivity index (χ3n) is 4.38. The molecule has 3 rings (SSSR count). The van der Waals surface area contributed by atoms with Crippen molar-refractivity contribution in [3.05, 3.63) is 46.3 Å². The van der Waals surface area contributed by atoms with E-state index >= 15 is 0 Å². The van der Waals surface area contributed by atoms with Crippen molar-refractivity contribution in [1.29, 1.82) is 0 Å². The summed E-state index contributed by atoms with van der Waals surface area (Å²) in [5.74, 6) is 0.231. The number of hydrogen-bond acceptors (Lipinski definition) is 5. The number of rotatable bonds is 3. The first-order chi connectivity index (χ1) is 12.5. The first-order valence-corrected chi connectivity index (χ1v) is 8.76. The Hall–Kier alpha value is -2.54. The third kappa shape index (κ3) is 3.83. The summed E-state index contributed by atoms with van der Waals surface area (Å²) in [5.41, 5.74) is 1.51. The molecule has 0 radical (unpaired) electrons. The molecule has 2 heterocycles. The van der Waals surface area contributed by atoms with Crippen LogP contribution in [0.1, 0.15) is 47.1 Å². The molecule has 26 heavy (non-hydrogen) atoms. The first kappa shape index (κ1) is 18.3. The quantitative estimate of drug-likeness (QED) is 0.811. The van der Waals surface area contributed by atoms with Gasteiger partial charge in [-0.05, 0) is 44.4 Å². The molecule has 0 bridgehead atoms. The highest BCUT2D eigenvalue weighted by atomic mass is 35.5. The topological polar surface area (TPSA) is 84.7 Å². The Labute approximate surface area is 156 Å². The van der Waals surface area contributed by atoms with Gasteiger partial charge in [0.05, 0.1) is 29.4 Å². The second-order valence-electron chi connectivity index (χ2n) is 6.18. The average molecular weight is 378 g/mol. The van der Waals surface area contributed by atoms with Crippen LogP contribution in [0.5, 0.6) is 0 Å². The van der Waals surface area contributed by atoms with Gasteiger partial charge in [-0.3, -0.25) is 0 Å². The number of anilines is 1. The number of carbonyl (C=O) groups is 2. The lowest BCUT2D eigenvalue weighted by molar-refractivity contribution is 0.0600. The van der Waals surface area contributed by atoms with Gasteiger partial charge in [0.15, 0.2) is 0 Å². The highest BCUT2D eigenvalue weighted by Crippen LogP contribution is 2.32. The highest BCUT2D eigenvalue weighted by molar-refractivity contribution is 6.34. The molecule has 2 aromatic rings. The van der Waals surface area contributed by atoms with Gasteiger partial charge in [0.1, 0.15) is 11.5 Å². The Morgan fingerprint density at radius 2 is 2.15 bits per heavy atom. The molecule has 1 aliphatic heterocycles. The van der Waals surface area contributed by atoms with E-state index in [1.165, 1.54) is 13.2 Å². The fourth-order valence-electron chi connectivity index (χ4n) is 3.07. The van der Waals surface area contributed by atoms with Gasteiger partial charge in [-0.25, -0.2) is 9.59 Å². The minimum atomic E-state index is -0.484. The van der Waals surface area contributed by atoms with E-state index in [4.69, 9.17) is 16.1 Å². The maximum absolute atomic E-state index is 12.8. The number of esters is 1. The largest absolute Gasteiger partial charge is 0.465 e. The van der Waals surface area contributed by atoms with Gasteiger partial charge >= 0.3 is 12.0 Å². The zero-order valence-electron chi connectivity index (χ0n) is 14.6. The van der Waals surface area contributed by atoms with Gasteiger partial charge in [-0.1, -0.05) is 16.8 Å².